The Bertz CT molecular complexity index is 814. The molecule has 4 N–H and O–H groups in total. The number of benzene rings is 1. The summed E-state index contributed by atoms with van der Waals surface area (Å²) in [5.41, 5.74) is 9.37. The Kier molecular flexibility index (Phi) is 4.11. The molecule has 1 aromatic carbocycles. The number of hydrogen-bond donors (Lipinski definition) is 3. The lowest BCUT2D eigenvalue weighted by Crippen LogP contribution is -2.58. The standard InChI is InChI=1S/C19H25N3O2/c1-11-9-12(2)15-14(10-11)13(3)16(21-15)17(23)22-19(18(20)24)7-5-4-6-8-19/h9-10,21H,4-8H2,1-3H3,(H2,20,24)(H,22,23). The molecule has 5 nitrogen and oxygen atoms in total. The zero-order chi connectivity index (χ0) is 17.5. The van der Waals surface area contributed by atoms with E-state index in [-0.39, 0.29) is 5.91 Å². The fourth-order valence-corrected chi connectivity index (χ4v) is 3.88. The lowest BCUT2D eigenvalue weighted by molar-refractivity contribution is -0.125. The number of carbonyl (C=O) groups is 2. The number of aromatic amines is 1. The Morgan fingerprint density at radius 2 is 1.79 bits per heavy atom. The van der Waals surface area contributed by atoms with Crippen LogP contribution < -0.4 is 11.1 Å². The Morgan fingerprint density at radius 3 is 2.42 bits per heavy atom. The molecule has 0 saturated heterocycles. The summed E-state index contributed by atoms with van der Waals surface area (Å²) in [5, 5.41) is 3.99. The van der Waals surface area contributed by atoms with Gasteiger partial charge in [-0.2, -0.15) is 0 Å². The van der Waals surface area contributed by atoms with Crippen molar-refractivity contribution in [1.82, 2.24) is 10.3 Å². The summed E-state index contributed by atoms with van der Waals surface area (Å²) < 4.78 is 0. The molecule has 0 atom stereocenters. The summed E-state index contributed by atoms with van der Waals surface area (Å²) in [5.74, 6) is -0.683. The normalized spacial score (nSPS) is 17.0. The SMILES string of the molecule is Cc1cc(C)c2[nH]c(C(=O)NC3(C(N)=O)CCCCC3)c(C)c2c1. The van der Waals surface area contributed by atoms with Crippen molar-refractivity contribution in [2.75, 3.05) is 0 Å². The number of H-pyrrole nitrogens is 1. The van der Waals surface area contributed by atoms with Crippen LogP contribution in [0.3, 0.4) is 0 Å². The third-order valence-electron chi connectivity index (χ3n) is 5.27. The zero-order valence-corrected chi connectivity index (χ0v) is 14.6. The molecule has 5 heteroatoms. The largest absolute Gasteiger partial charge is 0.368 e. The number of amides is 2. The summed E-state index contributed by atoms with van der Waals surface area (Å²) in [6, 6.07) is 4.17. The second kappa shape index (κ2) is 5.96. The molecule has 0 bridgehead atoms. The minimum Gasteiger partial charge on any atom is -0.368 e. The molecule has 2 aromatic rings. The first kappa shape index (κ1) is 16.6. The summed E-state index contributed by atoms with van der Waals surface area (Å²) in [4.78, 5) is 28.1. The summed E-state index contributed by atoms with van der Waals surface area (Å²) in [6.45, 7) is 6.01. The molecule has 0 unspecified atom stereocenters. The Morgan fingerprint density at radius 1 is 1.12 bits per heavy atom. The van der Waals surface area contributed by atoms with Gasteiger partial charge in [0.2, 0.25) is 5.91 Å². The third kappa shape index (κ3) is 2.68. The van der Waals surface area contributed by atoms with Crippen LogP contribution in [0.1, 0.15) is 59.3 Å². The molecule has 0 aliphatic heterocycles. The maximum absolute atomic E-state index is 12.9. The number of carbonyl (C=O) groups excluding carboxylic acids is 2. The molecular weight excluding hydrogens is 302 g/mol. The predicted octanol–water partition coefficient (Wildman–Crippen LogP) is 3.01. The molecule has 1 heterocycles. The van der Waals surface area contributed by atoms with Crippen LogP contribution in [0.2, 0.25) is 0 Å². The Hall–Kier alpha value is -2.30. The van der Waals surface area contributed by atoms with Gasteiger partial charge in [0.15, 0.2) is 0 Å². The molecule has 0 radical (unpaired) electrons. The fraction of sp³-hybridized carbons (Fsp3) is 0.474. The van der Waals surface area contributed by atoms with E-state index >= 15 is 0 Å². The molecule has 1 aromatic heterocycles. The van der Waals surface area contributed by atoms with Gasteiger partial charge in [-0.25, -0.2) is 0 Å². The van der Waals surface area contributed by atoms with Crippen LogP contribution in [0.5, 0.6) is 0 Å². The van der Waals surface area contributed by atoms with Gasteiger partial charge < -0.3 is 16.0 Å². The first-order valence-electron chi connectivity index (χ1n) is 8.56. The van der Waals surface area contributed by atoms with Crippen molar-refractivity contribution in [3.63, 3.8) is 0 Å². The minimum atomic E-state index is -0.913. The average Bonchev–Trinajstić information content (AvgIpc) is 2.86. The van der Waals surface area contributed by atoms with Gasteiger partial charge in [-0.1, -0.05) is 30.9 Å². The number of aromatic nitrogens is 1. The van der Waals surface area contributed by atoms with Gasteiger partial charge >= 0.3 is 0 Å². The highest BCUT2D eigenvalue weighted by atomic mass is 16.2. The molecule has 1 saturated carbocycles. The minimum absolute atomic E-state index is 0.249. The van der Waals surface area contributed by atoms with E-state index < -0.39 is 11.4 Å². The van der Waals surface area contributed by atoms with E-state index in [2.05, 4.69) is 22.4 Å². The first-order valence-corrected chi connectivity index (χ1v) is 8.56. The van der Waals surface area contributed by atoms with E-state index in [9.17, 15) is 9.59 Å². The van der Waals surface area contributed by atoms with Crippen molar-refractivity contribution in [2.45, 2.75) is 58.4 Å². The summed E-state index contributed by atoms with van der Waals surface area (Å²) in [6.07, 6.45) is 4.13. The number of nitrogens with two attached hydrogens (primary N) is 1. The molecule has 2 amide bonds. The van der Waals surface area contributed by atoms with E-state index in [1.807, 2.05) is 20.8 Å². The fourth-order valence-electron chi connectivity index (χ4n) is 3.88. The second-order valence-corrected chi connectivity index (χ2v) is 7.09. The maximum Gasteiger partial charge on any atom is 0.268 e. The van der Waals surface area contributed by atoms with Crippen LogP contribution in [-0.2, 0) is 4.79 Å². The highest BCUT2D eigenvalue weighted by Gasteiger charge is 2.39. The highest BCUT2D eigenvalue weighted by molar-refractivity contribution is 6.04. The lowest BCUT2D eigenvalue weighted by Gasteiger charge is -2.35. The molecule has 1 aliphatic carbocycles. The van der Waals surface area contributed by atoms with Gasteiger partial charge in [0, 0.05) is 10.9 Å². The number of fused-ring (bicyclic) bond motifs is 1. The quantitative estimate of drug-likeness (QED) is 0.809. The summed E-state index contributed by atoms with van der Waals surface area (Å²) >= 11 is 0. The predicted molar refractivity (Wildman–Crippen MR) is 95.0 cm³/mol. The maximum atomic E-state index is 12.9. The van der Waals surface area contributed by atoms with Gasteiger partial charge in [-0.05, 0) is 50.8 Å². The molecule has 1 fully saturated rings. The van der Waals surface area contributed by atoms with Crippen LogP contribution >= 0.6 is 0 Å². The van der Waals surface area contributed by atoms with Crippen LogP contribution in [0, 0.1) is 20.8 Å². The smallest absolute Gasteiger partial charge is 0.268 e. The van der Waals surface area contributed by atoms with E-state index in [1.165, 1.54) is 0 Å². The Balaban J connectivity index is 1.98. The number of nitrogens with one attached hydrogen (secondary N) is 2. The van der Waals surface area contributed by atoms with Crippen LogP contribution in [0.15, 0.2) is 12.1 Å². The van der Waals surface area contributed by atoms with Crippen molar-refractivity contribution in [3.05, 3.63) is 34.5 Å². The average molecular weight is 327 g/mol. The van der Waals surface area contributed by atoms with Gasteiger partial charge in [0.25, 0.3) is 5.91 Å². The van der Waals surface area contributed by atoms with Crippen LogP contribution in [0.25, 0.3) is 10.9 Å². The van der Waals surface area contributed by atoms with Gasteiger partial charge in [0.05, 0.1) is 0 Å². The van der Waals surface area contributed by atoms with Gasteiger partial charge in [-0.3, -0.25) is 9.59 Å². The van der Waals surface area contributed by atoms with Crippen LogP contribution in [-0.4, -0.2) is 22.3 Å². The van der Waals surface area contributed by atoms with Crippen LogP contribution in [0.4, 0.5) is 0 Å². The molecule has 128 valence electrons. The molecule has 1 aliphatic rings. The second-order valence-electron chi connectivity index (χ2n) is 7.09. The van der Waals surface area contributed by atoms with E-state index in [0.717, 1.165) is 46.9 Å². The lowest BCUT2D eigenvalue weighted by atomic mass is 9.81. The first-order chi connectivity index (χ1) is 11.3. The monoisotopic (exact) mass is 327 g/mol. The van der Waals surface area contributed by atoms with Gasteiger partial charge in [0.1, 0.15) is 11.2 Å². The third-order valence-corrected chi connectivity index (χ3v) is 5.27. The van der Waals surface area contributed by atoms with Crippen molar-refractivity contribution in [2.24, 2.45) is 5.73 Å². The van der Waals surface area contributed by atoms with Crippen molar-refractivity contribution < 1.29 is 9.59 Å². The van der Waals surface area contributed by atoms with E-state index in [0.29, 0.717) is 18.5 Å². The number of primary amides is 1. The number of rotatable bonds is 3. The van der Waals surface area contributed by atoms with Gasteiger partial charge in [-0.15, -0.1) is 0 Å². The molecular formula is C19H25N3O2. The number of aryl methyl sites for hydroxylation is 3. The Labute approximate surface area is 142 Å². The van der Waals surface area contributed by atoms with Crippen molar-refractivity contribution in [3.8, 4) is 0 Å². The molecule has 0 spiro atoms. The van der Waals surface area contributed by atoms with Crippen molar-refractivity contribution >= 4 is 22.7 Å². The van der Waals surface area contributed by atoms with E-state index in [4.69, 9.17) is 5.73 Å². The topological polar surface area (TPSA) is 88.0 Å². The number of hydrogen-bond acceptors (Lipinski definition) is 2. The van der Waals surface area contributed by atoms with E-state index in [1.54, 1.807) is 0 Å². The molecule has 3 rings (SSSR count). The highest BCUT2D eigenvalue weighted by Crippen LogP contribution is 2.30. The summed E-state index contributed by atoms with van der Waals surface area (Å²) in [7, 11) is 0. The van der Waals surface area contributed by atoms with Crippen molar-refractivity contribution in [1.29, 1.82) is 0 Å². The zero-order valence-electron chi connectivity index (χ0n) is 14.6. The molecule has 24 heavy (non-hydrogen) atoms.